The minimum Gasteiger partial charge on any atom is -0.481 e. The molecule has 0 aliphatic carbocycles. The van der Waals surface area contributed by atoms with Gasteiger partial charge in [-0.1, -0.05) is 47.5 Å². The fraction of sp³-hybridized carbons (Fsp3) is 0.207. The Hall–Kier alpha value is -3.99. The van der Waals surface area contributed by atoms with Crippen LogP contribution in [-0.4, -0.2) is 47.1 Å². The van der Waals surface area contributed by atoms with E-state index in [1.807, 2.05) is 38.1 Å². The van der Waals surface area contributed by atoms with Crippen LogP contribution in [0.2, 0.25) is 10.0 Å². The monoisotopic (exact) mass is 611 g/mol. The molecule has 41 heavy (non-hydrogen) atoms. The van der Waals surface area contributed by atoms with Crippen molar-refractivity contribution in [1.82, 2.24) is 25.0 Å². The van der Waals surface area contributed by atoms with E-state index in [4.69, 9.17) is 28.3 Å². The van der Waals surface area contributed by atoms with Crippen LogP contribution in [0, 0.1) is 13.8 Å². The van der Waals surface area contributed by atoms with Gasteiger partial charge in [-0.05, 0) is 52.0 Å². The molecule has 0 saturated heterocycles. The van der Waals surface area contributed by atoms with Crippen LogP contribution in [-0.2, 0) is 9.59 Å². The van der Waals surface area contributed by atoms with Crippen molar-refractivity contribution >= 4 is 46.5 Å². The standard InChI is InChI=1S/C16H14ClN3O2S.C13H13ClN2O2/c1-9(16(21)22)14-10(2)19-20(13-7-18-8-23-13)15(14)11-3-5-12(17)6-4-11;1-7(13(17)18)11-8(2)15-16-12(11)9-3-5-10(14)6-4-9/h3-9H,1-2H3,(H,21,22);3-7H,1-2H3,(H,15,16)(H,17,18). The van der Waals surface area contributed by atoms with Gasteiger partial charge in [-0.2, -0.15) is 10.2 Å². The lowest BCUT2D eigenvalue weighted by atomic mass is 9.95. The minimum absolute atomic E-state index is 0.602. The Balaban J connectivity index is 0.000000195. The van der Waals surface area contributed by atoms with E-state index in [1.54, 1.807) is 54.5 Å². The molecule has 9 nitrogen and oxygen atoms in total. The highest BCUT2D eigenvalue weighted by Gasteiger charge is 2.27. The fourth-order valence-electron chi connectivity index (χ4n) is 4.46. The normalized spacial score (nSPS) is 12.3. The number of hydrogen-bond donors (Lipinski definition) is 3. The zero-order valence-electron chi connectivity index (χ0n) is 22.6. The second-order valence-corrected chi connectivity index (χ2v) is 11.1. The molecule has 0 radical (unpaired) electrons. The van der Waals surface area contributed by atoms with Crippen molar-refractivity contribution in [3.05, 3.63) is 92.8 Å². The maximum atomic E-state index is 11.5. The predicted molar refractivity (Wildman–Crippen MR) is 160 cm³/mol. The van der Waals surface area contributed by atoms with Gasteiger partial charge in [0.15, 0.2) is 0 Å². The number of hydrogen-bond acceptors (Lipinski definition) is 6. The number of benzene rings is 2. The molecule has 2 atom stereocenters. The summed E-state index contributed by atoms with van der Waals surface area (Å²) >= 11 is 13.3. The Morgan fingerprint density at radius 2 is 1.41 bits per heavy atom. The average Bonchev–Trinajstić information content (AvgIpc) is 3.68. The fourth-order valence-corrected chi connectivity index (χ4v) is 5.29. The summed E-state index contributed by atoms with van der Waals surface area (Å²) in [7, 11) is 0. The molecule has 0 bridgehead atoms. The van der Waals surface area contributed by atoms with Gasteiger partial charge < -0.3 is 10.2 Å². The summed E-state index contributed by atoms with van der Waals surface area (Å²) in [5, 5.41) is 32.3. The number of aliphatic carboxylic acids is 2. The maximum Gasteiger partial charge on any atom is 0.310 e. The molecule has 3 heterocycles. The molecule has 3 aromatic heterocycles. The first-order chi connectivity index (χ1) is 19.5. The van der Waals surface area contributed by atoms with Crippen LogP contribution in [0.4, 0.5) is 0 Å². The summed E-state index contributed by atoms with van der Waals surface area (Å²) in [5.74, 6) is -3.02. The number of H-pyrrole nitrogens is 1. The van der Waals surface area contributed by atoms with Crippen LogP contribution in [0.1, 0.15) is 48.2 Å². The smallest absolute Gasteiger partial charge is 0.310 e. The van der Waals surface area contributed by atoms with Crippen LogP contribution in [0.3, 0.4) is 0 Å². The zero-order valence-corrected chi connectivity index (χ0v) is 24.9. The number of halogens is 2. The number of carbonyl (C=O) groups is 2. The topological polar surface area (TPSA) is 134 Å². The number of carboxylic acids is 2. The van der Waals surface area contributed by atoms with Crippen molar-refractivity contribution in [3.8, 4) is 27.5 Å². The Morgan fingerprint density at radius 1 is 0.878 bits per heavy atom. The molecule has 0 aliphatic rings. The van der Waals surface area contributed by atoms with Crippen molar-refractivity contribution in [3.63, 3.8) is 0 Å². The Bertz CT molecular complexity index is 1660. The molecule has 0 aliphatic heterocycles. The number of carboxylic acid groups (broad SMARTS) is 2. The SMILES string of the molecule is Cc1[nH]nc(-c2ccc(Cl)cc2)c1C(C)C(=O)O.Cc1nn(-c2cncs2)c(-c2ccc(Cl)cc2)c1C(C)C(=O)O. The highest BCUT2D eigenvalue weighted by atomic mass is 35.5. The van der Waals surface area contributed by atoms with Crippen LogP contribution in [0.15, 0.2) is 60.2 Å². The third-order valence-electron chi connectivity index (χ3n) is 6.57. The van der Waals surface area contributed by atoms with Crippen molar-refractivity contribution in [2.75, 3.05) is 0 Å². The summed E-state index contributed by atoms with van der Waals surface area (Å²) in [5.41, 5.74) is 7.75. The Kier molecular flexibility index (Phi) is 9.27. The van der Waals surface area contributed by atoms with Crippen molar-refractivity contribution in [2.45, 2.75) is 39.5 Å². The second kappa shape index (κ2) is 12.7. The molecule has 0 saturated carbocycles. The summed E-state index contributed by atoms with van der Waals surface area (Å²) in [6, 6.07) is 14.5. The molecular weight excluding hydrogens is 585 g/mol. The highest BCUT2D eigenvalue weighted by Crippen LogP contribution is 2.35. The molecule has 0 amide bonds. The number of aryl methyl sites for hydroxylation is 2. The van der Waals surface area contributed by atoms with E-state index in [-0.39, 0.29) is 0 Å². The number of aromatic amines is 1. The quantitative estimate of drug-likeness (QED) is 0.175. The van der Waals surface area contributed by atoms with Gasteiger partial charge in [0.05, 0.1) is 40.6 Å². The van der Waals surface area contributed by atoms with Crippen molar-refractivity contribution in [2.24, 2.45) is 0 Å². The molecule has 5 aromatic rings. The number of nitrogens with zero attached hydrogens (tertiary/aromatic N) is 4. The summed E-state index contributed by atoms with van der Waals surface area (Å²) < 4.78 is 1.75. The number of rotatable bonds is 7. The van der Waals surface area contributed by atoms with Crippen LogP contribution in [0.5, 0.6) is 0 Å². The first-order valence-corrected chi connectivity index (χ1v) is 14.1. The van der Waals surface area contributed by atoms with E-state index in [1.165, 1.54) is 11.3 Å². The first-order valence-electron chi connectivity index (χ1n) is 12.5. The number of nitrogens with one attached hydrogen (secondary N) is 1. The van der Waals surface area contributed by atoms with Gasteiger partial charge in [-0.25, -0.2) is 4.68 Å². The van der Waals surface area contributed by atoms with Crippen molar-refractivity contribution < 1.29 is 19.8 Å². The van der Waals surface area contributed by atoms with Crippen LogP contribution >= 0.6 is 34.5 Å². The van der Waals surface area contributed by atoms with Gasteiger partial charge in [0, 0.05) is 38.0 Å². The molecular formula is C29H27Cl2N5O4S. The minimum atomic E-state index is -0.882. The van der Waals surface area contributed by atoms with E-state index in [9.17, 15) is 14.7 Å². The third kappa shape index (κ3) is 6.51. The van der Waals surface area contributed by atoms with Gasteiger partial charge >= 0.3 is 11.9 Å². The largest absolute Gasteiger partial charge is 0.481 e. The van der Waals surface area contributed by atoms with Crippen molar-refractivity contribution in [1.29, 1.82) is 0 Å². The third-order valence-corrected chi connectivity index (χ3v) is 7.82. The lowest BCUT2D eigenvalue weighted by Gasteiger charge is -2.11. The summed E-state index contributed by atoms with van der Waals surface area (Å²) in [6.07, 6.45) is 1.71. The van der Waals surface area contributed by atoms with Gasteiger partial charge in [-0.15, -0.1) is 11.3 Å². The van der Waals surface area contributed by atoms with Gasteiger partial charge in [0.1, 0.15) is 5.00 Å². The van der Waals surface area contributed by atoms with Crippen LogP contribution < -0.4 is 0 Å². The molecule has 2 unspecified atom stereocenters. The first kappa shape index (κ1) is 30.0. The van der Waals surface area contributed by atoms with Gasteiger partial charge in [0.25, 0.3) is 0 Å². The van der Waals surface area contributed by atoms with Crippen LogP contribution in [0.25, 0.3) is 27.5 Å². The lowest BCUT2D eigenvalue weighted by Crippen LogP contribution is -2.09. The van der Waals surface area contributed by atoms with E-state index < -0.39 is 23.8 Å². The van der Waals surface area contributed by atoms with E-state index in [0.29, 0.717) is 32.6 Å². The Morgan fingerprint density at radius 3 is 1.93 bits per heavy atom. The highest BCUT2D eigenvalue weighted by molar-refractivity contribution is 7.12. The molecule has 212 valence electrons. The van der Waals surface area contributed by atoms with Gasteiger partial charge in [-0.3, -0.25) is 19.7 Å². The number of aromatic nitrogens is 5. The summed E-state index contributed by atoms with van der Waals surface area (Å²) in [4.78, 5) is 26.7. The number of thiazole rings is 1. The van der Waals surface area contributed by atoms with E-state index in [0.717, 1.165) is 27.5 Å². The molecule has 12 heteroatoms. The Labute approximate surface area is 250 Å². The zero-order chi connectivity index (χ0) is 29.8. The lowest BCUT2D eigenvalue weighted by molar-refractivity contribution is -0.139. The molecule has 0 fully saturated rings. The van der Waals surface area contributed by atoms with Gasteiger partial charge in [0.2, 0.25) is 0 Å². The van der Waals surface area contributed by atoms with E-state index in [2.05, 4.69) is 20.3 Å². The predicted octanol–water partition coefficient (Wildman–Crippen LogP) is 7.37. The average molecular weight is 613 g/mol. The second-order valence-electron chi connectivity index (χ2n) is 9.34. The molecule has 3 N–H and O–H groups in total. The molecule has 0 spiro atoms. The maximum absolute atomic E-state index is 11.5. The molecule has 5 rings (SSSR count). The summed E-state index contributed by atoms with van der Waals surface area (Å²) in [6.45, 7) is 6.97. The molecule has 2 aromatic carbocycles. The van der Waals surface area contributed by atoms with E-state index >= 15 is 0 Å².